The number of rotatable bonds is 6. The second-order valence-electron chi connectivity index (χ2n) is 3.19. The van der Waals surface area contributed by atoms with E-state index in [4.69, 9.17) is 0 Å². The summed E-state index contributed by atoms with van der Waals surface area (Å²) in [5.41, 5.74) is 1.23. The van der Waals surface area contributed by atoms with E-state index in [0.29, 0.717) is 14.7 Å². The van der Waals surface area contributed by atoms with Gasteiger partial charge in [0.05, 0.1) is 6.67 Å². The highest BCUT2D eigenvalue weighted by molar-refractivity contribution is 7.37. The van der Waals surface area contributed by atoms with Crippen LogP contribution in [0.2, 0.25) is 0 Å². The topological polar surface area (TPSA) is 0 Å². The van der Waals surface area contributed by atoms with Gasteiger partial charge in [0.1, 0.15) is 6.17 Å². The summed E-state index contributed by atoms with van der Waals surface area (Å²) in [5.74, 6) is 0. The zero-order valence-electron chi connectivity index (χ0n) is 8.05. The van der Waals surface area contributed by atoms with Crippen LogP contribution >= 0.6 is 8.58 Å². The molecule has 0 aliphatic heterocycles. The Kier molecular flexibility index (Phi) is 5.70. The number of hydrogen-bond donors (Lipinski definition) is 0. The minimum absolute atomic E-state index is 0.0573. The summed E-state index contributed by atoms with van der Waals surface area (Å²) < 4.78 is 24.6. The first-order valence-corrected chi connectivity index (χ1v) is 6.19. The first-order chi connectivity index (χ1) is 6.83. The number of benzene rings is 1. The maximum atomic E-state index is 12.9. The Morgan fingerprint density at radius 1 is 1.21 bits per heavy atom. The second kappa shape index (κ2) is 6.89. The van der Waals surface area contributed by atoms with Crippen LogP contribution in [-0.4, -0.2) is 19.0 Å². The molecule has 0 aliphatic carbocycles. The smallest absolute Gasteiger partial charge is 0.106 e. The van der Waals surface area contributed by atoms with E-state index in [9.17, 15) is 8.78 Å². The summed E-state index contributed by atoms with van der Waals surface area (Å²) in [5, 5.41) is 0. The van der Waals surface area contributed by atoms with Crippen LogP contribution < -0.4 is 0 Å². The molecule has 0 saturated heterocycles. The van der Waals surface area contributed by atoms with Gasteiger partial charge in [-0.15, -0.1) is 8.58 Å². The summed E-state index contributed by atoms with van der Waals surface area (Å²) in [6.07, 6.45) is 0.510. The van der Waals surface area contributed by atoms with Gasteiger partial charge in [-0.05, 0) is 17.9 Å². The normalized spacial score (nSPS) is 13.6. The maximum absolute atomic E-state index is 12.9. The molecule has 78 valence electrons. The van der Waals surface area contributed by atoms with Crippen LogP contribution in [0.25, 0.3) is 0 Å². The largest absolute Gasteiger partial charge is 0.251 e. The molecule has 2 atom stereocenters. The molecule has 0 nitrogen and oxygen atoms in total. The Hall–Kier alpha value is -0.490. The highest BCUT2D eigenvalue weighted by atomic mass is 31.1. The van der Waals surface area contributed by atoms with Crippen LogP contribution in [-0.2, 0) is 6.16 Å². The van der Waals surface area contributed by atoms with Gasteiger partial charge in [0, 0.05) is 6.42 Å². The van der Waals surface area contributed by atoms with E-state index in [1.54, 1.807) is 0 Å². The molecule has 0 bridgehead atoms. The highest BCUT2D eigenvalue weighted by Crippen LogP contribution is 2.21. The van der Waals surface area contributed by atoms with E-state index in [-0.39, 0.29) is 6.42 Å². The fourth-order valence-corrected chi connectivity index (χ4v) is 2.38. The van der Waals surface area contributed by atoms with Crippen LogP contribution in [0.3, 0.4) is 0 Å². The van der Waals surface area contributed by atoms with Crippen molar-refractivity contribution in [3.05, 3.63) is 35.9 Å². The molecule has 0 aromatic heterocycles. The Morgan fingerprint density at radius 3 is 2.57 bits per heavy atom. The van der Waals surface area contributed by atoms with E-state index >= 15 is 0 Å². The lowest BCUT2D eigenvalue weighted by Crippen LogP contribution is -2.03. The monoisotopic (exact) mass is 216 g/mol. The standard InChI is InChI=1S/C11H15F2P/c12-7-6-11(13)9-14-8-10-4-2-1-3-5-10/h1-5,11,14H,6-9H2. The van der Waals surface area contributed by atoms with Crippen molar-refractivity contribution >= 4 is 8.58 Å². The van der Waals surface area contributed by atoms with Crippen molar-refractivity contribution in [2.45, 2.75) is 18.8 Å². The molecule has 0 amide bonds. The van der Waals surface area contributed by atoms with Crippen LogP contribution in [0.4, 0.5) is 8.78 Å². The van der Waals surface area contributed by atoms with E-state index in [2.05, 4.69) is 0 Å². The van der Waals surface area contributed by atoms with E-state index in [0.717, 1.165) is 6.16 Å². The van der Waals surface area contributed by atoms with Gasteiger partial charge in [0.2, 0.25) is 0 Å². The third kappa shape index (κ3) is 4.66. The van der Waals surface area contributed by atoms with Crippen LogP contribution in [0.15, 0.2) is 30.3 Å². The molecule has 3 heteroatoms. The summed E-state index contributed by atoms with van der Waals surface area (Å²) in [6.45, 7) is -0.545. The molecule has 0 spiro atoms. The minimum Gasteiger partial charge on any atom is -0.251 e. The fraction of sp³-hybridized carbons (Fsp3) is 0.455. The molecular weight excluding hydrogens is 201 g/mol. The van der Waals surface area contributed by atoms with Crippen molar-refractivity contribution in [1.29, 1.82) is 0 Å². The molecule has 14 heavy (non-hydrogen) atoms. The lowest BCUT2D eigenvalue weighted by Gasteiger charge is -2.05. The SMILES string of the molecule is FCCC(F)CPCc1ccccc1. The lowest BCUT2D eigenvalue weighted by molar-refractivity contribution is 0.309. The van der Waals surface area contributed by atoms with Gasteiger partial charge in [-0.3, -0.25) is 4.39 Å². The molecular formula is C11H15F2P. The highest BCUT2D eigenvalue weighted by Gasteiger charge is 2.05. The van der Waals surface area contributed by atoms with Gasteiger partial charge in [0.25, 0.3) is 0 Å². The number of hydrogen-bond acceptors (Lipinski definition) is 0. The predicted molar refractivity (Wildman–Crippen MR) is 58.8 cm³/mol. The van der Waals surface area contributed by atoms with Gasteiger partial charge >= 0.3 is 0 Å². The molecule has 0 aliphatic rings. The third-order valence-electron chi connectivity index (χ3n) is 1.96. The molecule has 2 unspecified atom stereocenters. The first-order valence-electron chi connectivity index (χ1n) is 4.77. The zero-order chi connectivity index (χ0) is 10.2. The van der Waals surface area contributed by atoms with Gasteiger partial charge < -0.3 is 0 Å². The predicted octanol–water partition coefficient (Wildman–Crippen LogP) is 3.56. The molecule has 0 saturated carbocycles. The summed E-state index contributed by atoms with van der Waals surface area (Å²) in [6, 6.07) is 10.0. The number of alkyl halides is 2. The maximum Gasteiger partial charge on any atom is 0.106 e. The molecule has 0 fully saturated rings. The Balaban J connectivity index is 2.16. The van der Waals surface area contributed by atoms with E-state index in [1.807, 2.05) is 30.3 Å². The lowest BCUT2D eigenvalue weighted by atomic mass is 10.2. The van der Waals surface area contributed by atoms with Crippen molar-refractivity contribution in [2.24, 2.45) is 0 Å². The minimum atomic E-state index is -0.956. The van der Waals surface area contributed by atoms with Gasteiger partial charge in [-0.25, -0.2) is 4.39 Å². The summed E-state index contributed by atoms with van der Waals surface area (Å²) in [4.78, 5) is 0. The van der Waals surface area contributed by atoms with Crippen LogP contribution in [0.1, 0.15) is 12.0 Å². The van der Waals surface area contributed by atoms with Crippen molar-refractivity contribution in [2.75, 3.05) is 12.8 Å². The molecule has 1 aromatic carbocycles. The van der Waals surface area contributed by atoms with Crippen LogP contribution in [0.5, 0.6) is 0 Å². The Labute approximate surface area is 85.5 Å². The number of halogens is 2. The zero-order valence-corrected chi connectivity index (χ0v) is 9.05. The molecule has 0 radical (unpaired) electrons. The van der Waals surface area contributed by atoms with Gasteiger partial charge in [0.15, 0.2) is 0 Å². The van der Waals surface area contributed by atoms with E-state index < -0.39 is 12.8 Å². The van der Waals surface area contributed by atoms with Crippen molar-refractivity contribution < 1.29 is 8.78 Å². The molecule has 0 heterocycles. The first kappa shape index (κ1) is 11.6. The van der Waals surface area contributed by atoms with Crippen molar-refractivity contribution in [1.82, 2.24) is 0 Å². The van der Waals surface area contributed by atoms with Crippen LogP contribution in [0, 0.1) is 0 Å². The van der Waals surface area contributed by atoms with Gasteiger partial charge in [-0.2, -0.15) is 0 Å². The Morgan fingerprint density at radius 2 is 1.93 bits per heavy atom. The summed E-state index contributed by atoms with van der Waals surface area (Å²) in [7, 11) is 0.558. The second-order valence-corrected chi connectivity index (χ2v) is 4.45. The molecule has 0 N–H and O–H groups in total. The van der Waals surface area contributed by atoms with Crippen molar-refractivity contribution in [3.63, 3.8) is 0 Å². The van der Waals surface area contributed by atoms with Crippen molar-refractivity contribution in [3.8, 4) is 0 Å². The third-order valence-corrected chi connectivity index (χ3v) is 3.35. The average Bonchev–Trinajstić information content (AvgIpc) is 2.20. The molecule has 1 rings (SSSR count). The average molecular weight is 216 g/mol. The van der Waals surface area contributed by atoms with E-state index in [1.165, 1.54) is 5.56 Å². The van der Waals surface area contributed by atoms with Gasteiger partial charge in [-0.1, -0.05) is 30.3 Å². The quantitative estimate of drug-likeness (QED) is 0.638. The molecule has 1 aromatic rings. The Bertz CT molecular complexity index is 238. The fourth-order valence-electron chi connectivity index (χ4n) is 1.19. The summed E-state index contributed by atoms with van der Waals surface area (Å²) >= 11 is 0.